The van der Waals surface area contributed by atoms with Gasteiger partial charge in [0.25, 0.3) is 5.56 Å². The molecule has 0 atom stereocenters. The normalized spacial score (nSPS) is 13.7. The van der Waals surface area contributed by atoms with Gasteiger partial charge in [-0.05, 0) is 17.5 Å². The fraction of sp³-hybridized carbons (Fsp3) is 0.250. The van der Waals surface area contributed by atoms with Crippen molar-refractivity contribution in [2.45, 2.75) is 6.54 Å². The lowest BCUT2D eigenvalue weighted by atomic mass is 9.99. The Hall–Kier alpha value is -3.93. The molecule has 1 aliphatic rings. The minimum atomic E-state index is -0.193. The summed E-state index contributed by atoms with van der Waals surface area (Å²) in [7, 11) is 0. The maximum atomic E-state index is 12.5. The van der Waals surface area contributed by atoms with Gasteiger partial charge in [-0.3, -0.25) is 9.59 Å². The summed E-state index contributed by atoms with van der Waals surface area (Å²) >= 11 is 1.56. The zero-order chi connectivity index (χ0) is 21.9. The van der Waals surface area contributed by atoms with Gasteiger partial charge < -0.3 is 10.2 Å². The molecule has 162 valence electrons. The minimum absolute atomic E-state index is 0.0470. The van der Waals surface area contributed by atoms with E-state index >= 15 is 0 Å². The summed E-state index contributed by atoms with van der Waals surface area (Å²) in [6, 6.07) is 8.92. The van der Waals surface area contributed by atoms with E-state index in [0.717, 1.165) is 16.4 Å². The standard InChI is InChI=1S/C20H19N9O2S/c30-19-4-3-15(16-2-1-7-32-16)26-28(19)6-5-22-20(31)14-9-27(10-14)17-8-18(24-12-23-17)29-13-21-11-25-29/h1-4,7-8,11-14H,5-6,9-10H2,(H,22,31). The van der Waals surface area contributed by atoms with Crippen LogP contribution in [0.5, 0.6) is 0 Å². The van der Waals surface area contributed by atoms with Crippen LogP contribution in [0.25, 0.3) is 16.4 Å². The molecule has 1 amide bonds. The van der Waals surface area contributed by atoms with Crippen molar-refractivity contribution >= 4 is 23.1 Å². The number of thiophene rings is 1. The van der Waals surface area contributed by atoms with Crippen molar-refractivity contribution in [1.82, 2.24) is 39.8 Å². The number of carbonyl (C=O) groups is 1. The zero-order valence-electron chi connectivity index (χ0n) is 16.9. The highest BCUT2D eigenvalue weighted by Crippen LogP contribution is 2.23. The molecule has 0 unspecified atom stereocenters. The fourth-order valence-electron chi connectivity index (χ4n) is 3.39. The highest BCUT2D eigenvalue weighted by molar-refractivity contribution is 7.13. The predicted molar refractivity (Wildman–Crippen MR) is 117 cm³/mol. The molecule has 1 aliphatic heterocycles. The second kappa shape index (κ2) is 8.67. The number of anilines is 1. The molecule has 0 radical (unpaired) electrons. The Morgan fingerprint density at radius 1 is 1.16 bits per heavy atom. The molecular formula is C20H19N9O2S. The Bertz CT molecular complexity index is 1260. The predicted octanol–water partition coefficient (Wildman–Crippen LogP) is 0.595. The van der Waals surface area contributed by atoms with E-state index in [4.69, 9.17) is 0 Å². The summed E-state index contributed by atoms with van der Waals surface area (Å²) in [5, 5.41) is 13.3. The first-order chi connectivity index (χ1) is 15.7. The molecular weight excluding hydrogens is 430 g/mol. The van der Waals surface area contributed by atoms with Crippen LogP contribution in [0.4, 0.5) is 5.82 Å². The van der Waals surface area contributed by atoms with Gasteiger partial charge in [-0.1, -0.05) is 6.07 Å². The van der Waals surface area contributed by atoms with Crippen molar-refractivity contribution < 1.29 is 4.79 Å². The summed E-state index contributed by atoms with van der Waals surface area (Å²) in [6.45, 7) is 1.77. The molecule has 0 aromatic carbocycles. The van der Waals surface area contributed by atoms with Crippen LogP contribution in [-0.4, -0.2) is 60.1 Å². The molecule has 4 aromatic rings. The van der Waals surface area contributed by atoms with Gasteiger partial charge >= 0.3 is 0 Å². The van der Waals surface area contributed by atoms with Crippen LogP contribution in [0.3, 0.4) is 0 Å². The number of nitrogens with zero attached hydrogens (tertiary/aromatic N) is 8. The topological polar surface area (TPSA) is 124 Å². The number of aromatic nitrogens is 7. The van der Waals surface area contributed by atoms with Crippen LogP contribution in [0.15, 0.2) is 59.5 Å². The molecule has 12 heteroatoms. The second-order valence-corrected chi connectivity index (χ2v) is 8.17. The zero-order valence-corrected chi connectivity index (χ0v) is 17.7. The van der Waals surface area contributed by atoms with Crippen molar-refractivity contribution in [3.05, 3.63) is 65.0 Å². The minimum Gasteiger partial charge on any atom is -0.355 e. The van der Waals surface area contributed by atoms with Gasteiger partial charge in [-0.15, -0.1) is 11.3 Å². The first kappa shape index (κ1) is 20.0. The van der Waals surface area contributed by atoms with Gasteiger partial charge in [-0.2, -0.15) is 10.2 Å². The Labute approximate surface area is 186 Å². The molecule has 1 saturated heterocycles. The highest BCUT2D eigenvalue weighted by Gasteiger charge is 2.33. The van der Waals surface area contributed by atoms with E-state index in [1.165, 1.54) is 23.4 Å². The molecule has 4 aromatic heterocycles. The number of nitrogens with one attached hydrogen (secondary N) is 1. The first-order valence-corrected chi connectivity index (χ1v) is 10.9. The first-order valence-electron chi connectivity index (χ1n) is 9.99. The molecule has 5 rings (SSSR count). The third-order valence-corrected chi connectivity index (χ3v) is 6.02. The van der Waals surface area contributed by atoms with Crippen LogP contribution in [-0.2, 0) is 11.3 Å². The molecule has 0 spiro atoms. The smallest absolute Gasteiger partial charge is 0.266 e. The fourth-order valence-corrected chi connectivity index (χ4v) is 4.08. The van der Waals surface area contributed by atoms with Gasteiger partial charge in [0.1, 0.15) is 30.5 Å². The van der Waals surface area contributed by atoms with Crippen LogP contribution >= 0.6 is 11.3 Å². The maximum Gasteiger partial charge on any atom is 0.266 e. The monoisotopic (exact) mass is 449 g/mol. The molecule has 0 bridgehead atoms. The average Bonchev–Trinajstić information content (AvgIpc) is 3.49. The Balaban J connectivity index is 1.13. The van der Waals surface area contributed by atoms with E-state index < -0.39 is 0 Å². The maximum absolute atomic E-state index is 12.5. The van der Waals surface area contributed by atoms with Crippen molar-refractivity contribution in [3.63, 3.8) is 0 Å². The van der Waals surface area contributed by atoms with E-state index in [0.29, 0.717) is 32.0 Å². The molecule has 1 fully saturated rings. The van der Waals surface area contributed by atoms with Gasteiger partial charge in [-0.25, -0.2) is 24.3 Å². The SMILES string of the molecule is O=C(NCCn1nc(-c2cccs2)ccc1=O)C1CN(c2cc(-n3cncn3)ncn2)C1. The van der Waals surface area contributed by atoms with Gasteiger partial charge in [0.05, 0.1) is 17.3 Å². The third kappa shape index (κ3) is 4.12. The van der Waals surface area contributed by atoms with Crippen molar-refractivity contribution in [3.8, 4) is 16.4 Å². The lowest BCUT2D eigenvalue weighted by Gasteiger charge is -2.39. The summed E-state index contributed by atoms with van der Waals surface area (Å²) in [4.78, 5) is 40.0. The van der Waals surface area contributed by atoms with Crippen molar-refractivity contribution in [1.29, 1.82) is 0 Å². The molecule has 0 saturated carbocycles. The number of carbonyl (C=O) groups excluding carboxylic acids is 1. The summed E-state index contributed by atoms with van der Waals surface area (Å²) < 4.78 is 2.94. The Kier molecular flexibility index (Phi) is 5.42. The van der Waals surface area contributed by atoms with Gasteiger partial charge in [0.15, 0.2) is 5.82 Å². The van der Waals surface area contributed by atoms with Crippen LogP contribution in [0.2, 0.25) is 0 Å². The van der Waals surface area contributed by atoms with Gasteiger partial charge in [0.2, 0.25) is 5.91 Å². The van der Waals surface area contributed by atoms with Crippen LogP contribution in [0.1, 0.15) is 0 Å². The number of rotatable bonds is 7. The van der Waals surface area contributed by atoms with E-state index in [-0.39, 0.29) is 17.4 Å². The van der Waals surface area contributed by atoms with Crippen LogP contribution in [0, 0.1) is 5.92 Å². The Morgan fingerprint density at radius 3 is 2.81 bits per heavy atom. The van der Waals surface area contributed by atoms with Crippen LogP contribution < -0.4 is 15.8 Å². The summed E-state index contributed by atoms with van der Waals surface area (Å²) in [6.07, 6.45) is 4.47. The van der Waals surface area contributed by atoms with Crippen molar-refractivity contribution in [2.75, 3.05) is 24.5 Å². The number of hydrogen-bond acceptors (Lipinski definition) is 9. The van der Waals surface area contributed by atoms with Crippen molar-refractivity contribution in [2.24, 2.45) is 5.92 Å². The summed E-state index contributed by atoms with van der Waals surface area (Å²) in [5.41, 5.74) is 0.553. The summed E-state index contributed by atoms with van der Waals surface area (Å²) in [5.74, 6) is 1.16. The average molecular weight is 450 g/mol. The van der Waals surface area contributed by atoms with E-state index in [9.17, 15) is 9.59 Å². The third-order valence-electron chi connectivity index (χ3n) is 5.13. The molecule has 32 heavy (non-hydrogen) atoms. The lowest BCUT2D eigenvalue weighted by molar-refractivity contribution is -0.125. The molecule has 0 aliphatic carbocycles. The largest absolute Gasteiger partial charge is 0.355 e. The van der Waals surface area contributed by atoms with Gasteiger partial charge in [0, 0.05) is 31.8 Å². The second-order valence-electron chi connectivity index (χ2n) is 7.22. The molecule has 5 heterocycles. The number of hydrogen-bond donors (Lipinski definition) is 1. The number of amides is 1. The Morgan fingerprint density at radius 2 is 2.03 bits per heavy atom. The van der Waals surface area contributed by atoms with E-state index in [2.05, 4.69) is 30.5 Å². The highest BCUT2D eigenvalue weighted by atomic mass is 32.1. The van der Waals surface area contributed by atoms with E-state index in [1.807, 2.05) is 28.5 Å². The molecule has 11 nitrogen and oxygen atoms in total. The quantitative estimate of drug-likeness (QED) is 0.435. The molecule has 1 N–H and O–H groups in total. The van der Waals surface area contributed by atoms with E-state index in [1.54, 1.807) is 28.4 Å². The lowest BCUT2D eigenvalue weighted by Crippen LogP contribution is -2.54.